The van der Waals surface area contributed by atoms with Crippen molar-refractivity contribution in [2.75, 3.05) is 19.8 Å². The molecular formula is C33H54NO5P. The normalized spacial score (nSPS) is 18.3. The van der Waals surface area contributed by atoms with Crippen molar-refractivity contribution in [3.8, 4) is 12.3 Å². The van der Waals surface area contributed by atoms with Gasteiger partial charge in [-0.25, -0.2) is 5.09 Å². The number of carbonyl (C=O) groups is 1. The summed E-state index contributed by atoms with van der Waals surface area (Å²) in [5, 5.41) is 2.86. The van der Waals surface area contributed by atoms with E-state index in [1.165, 1.54) is 83.5 Å². The Morgan fingerprint density at radius 1 is 0.975 bits per heavy atom. The predicted octanol–water partition coefficient (Wildman–Crippen LogP) is 8.19. The van der Waals surface area contributed by atoms with Crippen LogP contribution in [0.2, 0.25) is 0 Å². The van der Waals surface area contributed by atoms with Crippen LogP contribution in [0.3, 0.4) is 0 Å². The maximum Gasteiger partial charge on any atom is 0.323 e. The second kappa shape index (κ2) is 22.0. The molecule has 1 aromatic rings. The van der Waals surface area contributed by atoms with E-state index >= 15 is 0 Å². The second-order valence-corrected chi connectivity index (χ2v) is 12.3. The lowest BCUT2D eigenvalue weighted by Gasteiger charge is -2.23. The summed E-state index contributed by atoms with van der Waals surface area (Å²) in [7, 11) is -2.72. The zero-order valence-corrected chi connectivity index (χ0v) is 25.9. The Balaban J connectivity index is 1.58. The van der Waals surface area contributed by atoms with Gasteiger partial charge >= 0.3 is 5.97 Å². The summed E-state index contributed by atoms with van der Waals surface area (Å²) in [5.41, 5.74) is 0.128. The molecule has 1 fully saturated rings. The van der Waals surface area contributed by atoms with Crippen molar-refractivity contribution in [1.29, 1.82) is 0 Å². The van der Waals surface area contributed by atoms with E-state index in [0.717, 1.165) is 24.8 Å². The first-order valence-corrected chi connectivity index (χ1v) is 17.2. The Labute approximate surface area is 244 Å². The third-order valence-electron chi connectivity index (χ3n) is 7.65. The first-order chi connectivity index (χ1) is 19.6. The number of esters is 1. The average Bonchev–Trinajstić information content (AvgIpc) is 3.45. The highest BCUT2D eigenvalue weighted by atomic mass is 31.1. The summed E-state index contributed by atoms with van der Waals surface area (Å²) in [6.45, 7) is 3.26. The fourth-order valence-electron chi connectivity index (χ4n) is 5.12. The lowest BCUT2D eigenvalue weighted by atomic mass is 10.0. The van der Waals surface area contributed by atoms with Gasteiger partial charge in [-0.05, 0) is 31.2 Å². The van der Waals surface area contributed by atoms with Crippen molar-refractivity contribution < 1.29 is 23.4 Å². The number of hydrogen-bond donors (Lipinski definition) is 1. The average molecular weight is 576 g/mol. The Morgan fingerprint density at radius 3 is 2.08 bits per heavy atom. The number of nitrogens with one attached hydrogen (secondary N) is 1. The minimum Gasteiger partial charge on any atom is -0.465 e. The van der Waals surface area contributed by atoms with Gasteiger partial charge in [-0.1, -0.05) is 133 Å². The highest BCUT2D eigenvalue weighted by Gasteiger charge is 2.34. The van der Waals surface area contributed by atoms with Crippen LogP contribution in [0.5, 0.6) is 0 Å². The first-order valence-electron chi connectivity index (χ1n) is 15.8. The maximum absolute atomic E-state index is 12.9. The quantitative estimate of drug-likeness (QED) is 0.0580. The standard InChI is InChI=1S/C33H54NO5P/c1-3-5-6-7-8-9-10-11-12-13-14-15-16-17-21-26-37-32(35)31(28-30-23-19-18-20-24-30)34-40(36)39-29-33(4-2)25-22-27-38-33/h2,18-20,23-24,31,40H,3,5-17,21-22,25-29H2,1H3,(H,34,36)/t31-,33-/m0/s1. The largest absolute Gasteiger partial charge is 0.465 e. The number of terminal acetylenes is 1. The van der Waals surface area contributed by atoms with Crippen molar-refractivity contribution in [1.82, 2.24) is 5.09 Å². The highest BCUT2D eigenvalue weighted by Crippen LogP contribution is 2.29. The van der Waals surface area contributed by atoms with Crippen LogP contribution in [0.15, 0.2) is 30.3 Å². The molecule has 0 saturated carbocycles. The van der Waals surface area contributed by atoms with Crippen LogP contribution in [-0.2, 0) is 29.8 Å². The van der Waals surface area contributed by atoms with E-state index < -0.39 is 25.8 Å². The van der Waals surface area contributed by atoms with Crippen LogP contribution < -0.4 is 5.09 Å². The molecule has 226 valence electrons. The van der Waals surface area contributed by atoms with Crippen molar-refractivity contribution in [2.24, 2.45) is 0 Å². The number of rotatable bonds is 24. The molecule has 3 atom stereocenters. The SMILES string of the molecule is C#C[C@@]1(CO[PH](=O)N[C@@H](Cc2ccccc2)C(=O)OCCCCCCCCCCCCCCCCC)CCCO1. The van der Waals surface area contributed by atoms with Crippen molar-refractivity contribution in [3.63, 3.8) is 0 Å². The number of ether oxygens (including phenoxy) is 2. The molecule has 0 radical (unpaired) electrons. The zero-order valence-electron chi connectivity index (χ0n) is 24.9. The fourth-order valence-corrected chi connectivity index (χ4v) is 6.07. The molecule has 2 rings (SSSR count). The second-order valence-electron chi connectivity index (χ2n) is 11.2. The van der Waals surface area contributed by atoms with Crippen LogP contribution in [0, 0.1) is 12.3 Å². The number of carbonyl (C=O) groups excluding carboxylic acids is 1. The van der Waals surface area contributed by atoms with E-state index in [1.807, 2.05) is 30.3 Å². The fraction of sp³-hybridized carbons (Fsp3) is 0.727. The first kappa shape index (κ1) is 34.6. The van der Waals surface area contributed by atoms with Gasteiger partial charge in [0.2, 0.25) is 0 Å². The van der Waals surface area contributed by atoms with Gasteiger partial charge in [-0.15, -0.1) is 6.42 Å². The molecule has 40 heavy (non-hydrogen) atoms. The van der Waals surface area contributed by atoms with E-state index in [4.69, 9.17) is 20.4 Å². The summed E-state index contributed by atoms with van der Waals surface area (Å²) in [6, 6.07) is 8.88. The molecule has 0 amide bonds. The monoisotopic (exact) mass is 575 g/mol. The lowest BCUT2D eigenvalue weighted by Crippen LogP contribution is -2.37. The molecule has 1 N–H and O–H groups in total. The Morgan fingerprint density at radius 2 is 1.55 bits per heavy atom. The van der Waals surface area contributed by atoms with Gasteiger partial charge in [0.15, 0.2) is 5.60 Å². The molecule has 0 bridgehead atoms. The molecule has 1 saturated heterocycles. The van der Waals surface area contributed by atoms with Crippen LogP contribution in [0.25, 0.3) is 0 Å². The number of unbranched alkanes of at least 4 members (excludes halogenated alkanes) is 14. The van der Waals surface area contributed by atoms with E-state index in [9.17, 15) is 9.36 Å². The van der Waals surface area contributed by atoms with Gasteiger partial charge in [0.25, 0.3) is 8.18 Å². The molecule has 6 nitrogen and oxygen atoms in total. The van der Waals surface area contributed by atoms with Crippen LogP contribution in [-0.4, -0.2) is 37.4 Å². The topological polar surface area (TPSA) is 73.9 Å². The summed E-state index contributed by atoms with van der Waals surface area (Å²) < 4.78 is 29.4. The van der Waals surface area contributed by atoms with E-state index in [1.54, 1.807) is 0 Å². The van der Waals surface area contributed by atoms with Gasteiger partial charge in [-0.3, -0.25) is 9.36 Å². The maximum atomic E-state index is 12.9. The molecule has 1 heterocycles. The molecule has 0 spiro atoms. The van der Waals surface area contributed by atoms with Gasteiger partial charge in [0.05, 0.1) is 13.2 Å². The Bertz CT molecular complexity index is 850. The van der Waals surface area contributed by atoms with Gasteiger partial charge < -0.3 is 14.0 Å². The third kappa shape index (κ3) is 15.4. The van der Waals surface area contributed by atoms with E-state index in [0.29, 0.717) is 26.1 Å². The predicted molar refractivity (Wildman–Crippen MR) is 165 cm³/mol. The van der Waals surface area contributed by atoms with E-state index in [2.05, 4.69) is 17.9 Å². The van der Waals surface area contributed by atoms with Crippen LogP contribution >= 0.6 is 8.18 Å². The summed E-state index contributed by atoms with van der Waals surface area (Å²) in [6.07, 6.45) is 26.9. The molecule has 1 aliphatic rings. The molecule has 1 unspecified atom stereocenters. The van der Waals surface area contributed by atoms with Crippen molar-refractivity contribution in [3.05, 3.63) is 35.9 Å². The van der Waals surface area contributed by atoms with Gasteiger partial charge in [0.1, 0.15) is 6.04 Å². The van der Waals surface area contributed by atoms with Crippen molar-refractivity contribution in [2.45, 2.75) is 134 Å². The molecule has 7 heteroatoms. The van der Waals surface area contributed by atoms with Crippen LogP contribution in [0.4, 0.5) is 0 Å². The molecular weight excluding hydrogens is 521 g/mol. The molecule has 0 aliphatic carbocycles. The van der Waals surface area contributed by atoms with Crippen LogP contribution in [0.1, 0.15) is 122 Å². The smallest absolute Gasteiger partial charge is 0.323 e. The molecule has 0 aromatic heterocycles. The Kier molecular flexibility index (Phi) is 19.0. The Hall–Kier alpha value is -1.64. The van der Waals surface area contributed by atoms with Gasteiger partial charge in [0, 0.05) is 6.61 Å². The minimum atomic E-state index is -2.72. The minimum absolute atomic E-state index is 0.0422. The highest BCUT2D eigenvalue weighted by molar-refractivity contribution is 7.36. The van der Waals surface area contributed by atoms with Gasteiger partial charge in [-0.2, -0.15) is 0 Å². The third-order valence-corrected chi connectivity index (χ3v) is 8.64. The summed E-state index contributed by atoms with van der Waals surface area (Å²) in [4.78, 5) is 12.9. The molecule has 1 aliphatic heterocycles. The number of hydrogen-bond acceptors (Lipinski definition) is 5. The summed E-state index contributed by atoms with van der Waals surface area (Å²) in [5.74, 6) is 2.23. The molecule has 1 aromatic carbocycles. The summed E-state index contributed by atoms with van der Waals surface area (Å²) >= 11 is 0. The van der Waals surface area contributed by atoms with E-state index in [-0.39, 0.29) is 6.61 Å². The zero-order chi connectivity index (χ0) is 28.7. The lowest BCUT2D eigenvalue weighted by molar-refractivity contribution is -0.145. The number of benzene rings is 1. The van der Waals surface area contributed by atoms with Crippen molar-refractivity contribution >= 4 is 14.1 Å².